The van der Waals surface area contributed by atoms with Crippen molar-refractivity contribution in [2.75, 3.05) is 20.3 Å². The molecular formula is C19H21Cl3N2O4S. The van der Waals surface area contributed by atoms with Crippen molar-refractivity contribution in [1.82, 2.24) is 9.62 Å². The molecule has 0 aliphatic carbocycles. The third kappa shape index (κ3) is 6.84. The molecule has 2 aromatic rings. The van der Waals surface area contributed by atoms with E-state index < -0.39 is 15.9 Å². The van der Waals surface area contributed by atoms with Crippen LogP contribution in [0.3, 0.4) is 0 Å². The maximum absolute atomic E-state index is 13.2. The summed E-state index contributed by atoms with van der Waals surface area (Å²) < 4.78 is 32.4. The number of carbonyl (C=O) groups excluding carboxylic acids is 1. The van der Waals surface area contributed by atoms with Crippen molar-refractivity contribution in [2.24, 2.45) is 0 Å². The monoisotopic (exact) mass is 478 g/mol. The molecule has 6 nitrogen and oxygen atoms in total. The average Bonchev–Trinajstić information content (AvgIpc) is 2.64. The molecule has 1 N–H and O–H groups in total. The Kier molecular flexibility index (Phi) is 8.75. The van der Waals surface area contributed by atoms with Gasteiger partial charge in [-0.1, -0.05) is 40.9 Å². The highest BCUT2D eigenvalue weighted by molar-refractivity contribution is 7.89. The van der Waals surface area contributed by atoms with E-state index in [-0.39, 0.29) is 24.0 Å². The molecule has 0 unspecified atom stereocenters. The lowest BCUT2D eigenvalue weighted by atomic mass is 10.2. The third-order valence-electron chi connectivity index (χ3n) is 3.94. The van der Waals surface area contributed by atoms with Gasteiger partial charge in [0.15, 0.2) is 0 Å². The number of hydrogen-bond acceptors (Lipinski definition) is 4. The number of sulfonamides is 1. The largest absolute Gasteiger partial charge is 0.383 e. The van der Waals surface area contributed by atoms with Gasteiger partial charge >= 0.3 is 0 Å². The molecule has 1 amide bonds. The minimum Gasteiger partial charge on any atom is -0.383 e. The molecule has 0 fully saturated rings. The first kappa shape index (κ1) is 23.9. The van der Waals surface area contributed by atoms with E-state index in [0.717, 1.165) is 4.31 Å². The quantitative estimate of drug-likeness (QED) is 0.590. The molecule has 0 saturated carbocycles. The molecule has 0 bridgehead atoms. The standard InChI is InChI=1S/C19H21Cl3N2O4S/c1-13(12-28-2)23-19(25)11-24(10-14-3-8-17(21)18(22)9-14)29(26,27)16-6-4-15(20)5-7-16/h3-9,13H,10-12H2,1-2H3,(H,23,25)/t13-/m1/s1. The predicted molar refractivity (Wildman–Crippen MR) is 115 cm³/mol. The number of benzene rings is 2. The Hall–Kier alpha value is -1.35. The molecule has 0 spiro atoms. The summed E-state index contributed by atoms with van der Waals surface area (Å²) in [5.41, 5.74) is 0.592. The van der Waals surface area contributed by atoms with Crippen LogP contribution in [-0.4, -0.2) is 44.9 Å². The lowest BCUT2D eigenvalue weighted by molar-refractivity contribution is -0.122. The van der Waals surface area contributed by atoms with Gasteiger partial charge in [0.2, 0.25) is 15.9 Å². The maximum Gasteiger partial charge on any atom is 0.243 e. The summed E-state index contributed by atoms with van der Waals surface area (Å²) in [6, 6.07) is 10.3. The van der Waals surface area contributed by atoms with Crippen LogP contribution in [0.5, 0.6) is 0 Å². The highest BCUT2D eigenvalue weighted by Gasteiger charge is 2.27. The number of carbonyl (C=O) groups is 1. The number of methoxy groups -OCH3 is 1. The van der Waals surface area contributed by atoms with Crippen molar-refractivity contribution in [3.63, 3.8) is 0 Å². The van der Waals surface area contributed by atoms with E-state index in [1.165, 1.54) is 31.4 Å². The number of nitrogens with one attached hydrogen (secondary N) is 1. The summed E-state index contributed by atoms with van der Waals surface area (Å²) in [4.78, 5) is 12.5. The van der Waals surface area contributed by atoms with Crippen LogP contribution >= 0.6 is 34.8 Å². The van der Waals surface area contributed by atoms with E-state index in [9.17, 15) is 13.2 Å². The molecule has 2 aromatic carbocycles. The molecule has 2 rings (SSSR count). The molecule has 0 saturated heterocycles. The number of ether oxygens (including phenoxy) is 1. The second-order valence-electron chi connectivity index (χ2n) is 6.40. The summed E-state index contributed by atoms with van der Waals surface area (Å²) in [6.07, 6.45) is 0. The lowest BCUT2D eigenvalue weighted by Gasteiger charge is -2.23. The second-order valence-corrected chi connectivity index (χ2v) is 9.59. The Morgan fingerprint density at radius 1 is 1.10 bits per heavy atom. The number of rotatable bonds is 9. The van der Waals surface area contributed by atoms with Crippen LogP contribution in [-0.2, 0) is 26.1 Å². The average molecular weight is 480 g/mol. The van der Waals surface area contributed by atoms with Crippen molar-refractivity contribution < 1.29 is 17.9 Å². The fourth-order valence-corrected chi connectivity index (χ4v) is 4.43. The van der Waals surface area contributed by atoms with Crippen molar-refractivity contribution in [3.8, 4) is 0 Å². The molecule has 29 heavy (non-hydrogen) atoms. The minimum absolute atomic E-state index is 0.0275. The van der Waals surface area contributed by atoms with Crippen LogP contribution < -0.4 is 5.32 Å². The third-order valence-corrected chi connectivity index (χ3v) is 6.74. The van der Waals surface area contributed by atoms with Crippen LogP contribution in [0.25, 0.3) is 0 Å². The smallest absolute Gasteiger partial charge is 0.243 e. The van der Waals surface area contributed by atoms with Crippen LogP contribution in [0.2, 0.25) is 15.1 Å². The number of amides is 1. The molecule has 0 heterocycles. The Labute approximate surface area is 185 Å². The summed E-state index contributed by atoms with van der Waals surface area (Å²) in [5.74, 6) is -0.452. The van der Waals surface area contributed by atoms with Gasteiger partial charge in [0.1, 0.15) is 0 Å². The fourth-order valence-electron chi connectivity index (χ4n) is 2.60. The second kappa shape index (κ2) is 10.6. The summed E-state index contributed by atoms with van der Waals surface area (Å²) >= 11 is 17.8. The van der Waals surface area contributed by atoms with Gasteiger partial charge in [0.25, 0.3) is 0 Å². The van der Waals surface area contributed by atoms with Crippen LogP contribution in [0.1, 0.15) is 12.5 Å². The van der Waals surface area contributed by atoms with Gasteiger partial charge in [-0.3, -0.25) is 4.79 Å². The normalized spacial score (nSPS) is 12.8. The van der Waals surface area contributed by atoms with Crippen LogP contribution in [0.4, 0.5) is 0 Å². The van der Waals surface area contributed by atoms with E-state index >= 15 is 0 Å². The first-order valence-electron chi connectivity index (χ1n) is 8.61. The zero-order valence-corrected chi connectivity index (χ0v) is 18.9. The van der Waals surface area contributed by atoms with Gasteiger partial charge in [-0.25, -0.2) is 8.42 Å². The van der Waals surface area contributed by atoms with Gasteiger partial charge in [0.05, 0.1) is 28.1 Å². The maximum atomic E-state index is 13.2. The Morgan fingerprint density at radius 2 is 1.76 bits per heavy atom. The summed E-state index contributed by atoms with van der Waals surface area (Å²) in [5, 5.41) is 3.77. The van der Waals surface area contributed by atoms with Gasteiger partial charge < -0.3 is 10.1 Å². The lowest BCUT2D eigenvalue weighted by Crippen LogP contribution is -2.44. The minimum atomic E-state index is -3.98. The van der Waals surface area contributed by atoms with Crippen LogP contribution in [0, 0.1) is 0 Å². The van der Waals surface area contributed by atoms with E-state index in [1.807, 2.05) is 0 Å². The van der Waals surface area contributed by atoms with Crippen molar-refractivity contribution in [1.29, 1.82) is 0 Å². The topological polar surface area (TPSA) is 75.7 Å². The van der Waals surface area contributed by atoms with Gasteiger partial charge in [-0.15, -0.1) is 0 Å². The number of halogens is 3. The Bertz CT molecular complexity index is 952. The molecule has 0 radical (unpaired) electrons. The summed E-state index contributed by atoms with van der Waals surface area (Å²) in [7, 11) is -2.46. The molecular weight excluding hydrogens is 459 g/mol. The molecule has 0 aliphatic rings. The summed E-state index contributed by atoms with van der Waals surface area (Å²) in [6.45, 7) is 1.63. The highest BCUT2D eigenvalue weighted by Crippen LogP contribution is 2.25. The van der Waals surface area contributed by atoms with Crippen molar-refractivity contribution >= 4 is 50.7 Å². The van der Waals surface area contributed by atoms with Crippen molar-refractivity contribution in [2.45, 2.75) is 24.4 Å². The molecule has 158 valence electrons. The van der Waals surface area contributed by atoms with E-state index in [1.54, 1.807) is 25.1 Å². The van der Waals surface area contributed by atoms with Gasteiger partial charge in [-0.2, -0.15) is 4.31 Å². The molecule has 0 aliphatic heterocycles. The molecule has 0 aromatic heterocycles. The molecule has 1 atom stereocenters. The number of hydrogen-bond donors (Lipinski definition) is 1. The number of nitrogens with zero attached hydrogens (tertiary/aromatic N) is 1. The van der Waals surface area contributed by atoms with E-state index in [2.05, 4.69) is 5.32 Å². The van der Waals surface area contributed by atoms with E-state index in [0.29, 0.717) is 27.2 Å². The zero-order valence-electron chi connectivity index (χ0n) is 15.9. The zero-order chi connectivity index (χ0) is 21.6. The predicted octanol–water partition coefficient (Wildman–Crippen LogP) is 3.99. The SMILES string of the molecule is COC[C@@H](C)NC(=O)CN(Cc1ccc(Cl)c(Cl)c1)S(=O)(=O)c1ccc(Cl)cc1. The Balaban J connectivity index is 2.32. The Morgan fingerprint density at radius 3 is 2.34 bits per heavy atom. The van der Waals surface area contributed by atoms with E-state index in [4.69, 9.17) is 39.5 Å². The fraction of sp³-hybridized carbons (Fsp3) is 0.316. The highest BCUT2D eigenvalue weighted by atomic mass is 35.5. The molecule has 10 heteroatoms. The first-order valence-corrected chi connectivity index (χ1v) is 11.2. The van der Waals surface area contributed by atoms with Gasteiger partial charge in [0, 0.05) is 24.7 Å². The van der Waals surface area contributed by atoms with Gasteiger partial charge in [-0.05, 0) is 48.9 Å². The van der Waals surface area contributed by atoms with Crippen LogP contribution in [0.15, 0.2) is 47.4 Å². The first-order chi connectivity index (χ1) is 13.6. The van der Waals surface area contributed by atoms with Crippen molar-refractivity contribution in [3.05, 3.63) is 63.1 Å².